The largest absolute Gasteiger partial charge is 0.324 e. The van der Waals surface area contributed by atoms with Crippen LogP contribution >= 0.6 is 15.9 Å². The van der Waals surface area contributed by atoms with Crippen LogP contribution in [0.25, 0.3) is 0 Å². The minimum atomic E-state index is -0.108. The van der Waals surface area contributed by atoms with Crippen LogP contribution in [0.2, 0.25) is 0 Å². The van der Waals surface area contributed by atoms with Crippen molar-refractivity contribution in [2.24, 2.45) is 5.73 Å². The molecule has 1 aromatic carbocycles. The molecule has 1 saturated carbocycles. The Balaban J connectivity index is 2.51. The number of nitrogens with zero attached hydrogens (tertiary/aromatic N) is 1. The second-order valence-electron chi connectivity index (χ2n) is 5.09. The summed E-state index contributed by atoms with van der Waals surface area (Å²) in [5.41, 5.74) is 7.93. The molecular formula is C13H15BrN2. The van der Waals surface area contributed by atoms with E-state index in [4.69, 9.17) is 11.0 Å². The Labute approximate surface area is 105 Å². The van der Waals surface area contributed by atoms with Gasteiger partial charge in [0.2, 0.25) is 0 Å². The van der Waals surface area contributed by atoms with Gasteiger partial charge < -0.3 is 5.73 Å². The van der Waals surface area contributed by atoms with Crippen LogP contribution in [-0.2, 0) is 5.41 Å². The second kappa shape index (κ2) is 3.58. The third kappa shape index (κ3) is 1.66. The number of benzene rings is 1. The van der Waals surface area contributed by atoms with Gasteiger partial charge in [0.15, 0.2) is 0 Å². The maximum atomic E-state index is 8.94. The van der Waals surface area contributed by atoms with Crippen LogP contribution < -0.4 is 5.73 Å². The molecule has 0 atom stereocenters. The molecule has 1 aliphatic rings. The van der Waals surface area contributed by atoms with E-state index >= 15 is 0 Å². The van der Waals surface area contributed by atoms with Crippen molar-refractivity contribution in [3.63, 3.8) is 0 Å². The maximum absolute atomic E-state index is 8.94. The highest BCUT2D eigenvalue weighted by Gasteiger charge is 2.52. The van der Waals surface area contributed by atoms with Gasteiger partial charge in [0.1, 0.15) is 0 Å². The molecule has 1 aliphatic carbocycles. The Bertz CT molecular complexity index is 467. The molecule has 0 amide bonds. The monoisotopic (exact) mass is 278 g/mol. The summed E-state index contributed by atoms with van der Waals surface area (Å²) < 4.78 is 1.04. The van der Waals surface area contributed by atoms with Gasteiger partial charge in [0, 0.05) is 15.4 Å². The highest BCUT2D eigenvalue weighted by Crippen LogP contribution is 2.50. The zero-order chi connectivity index (χ0) is 12.0. The Morgan fingerprint density at radius 2 is 2.06 bits per heavy atom. The summed E-state index contributed by atoms with van der Waals surface area (Å²) in [7, 11) is 0. The van der Waals surface area contributed by atoms with Crippen molar-refractivity contribution in [2.45, 2.75) is 37.6 Å². The summed E-state index contributed by atoms with van der Waals surface area (Å²) >= 11 is 3.55. The van der Waals surface area contributed by atoms with Crippen molar-refractivity contribution in [3.8, 4) is 6.07 Å². The van der Waals surface area contributed by atoms with Gasteiger partial charge >= 0.3 is 0 Å². The first-order valence-corrected chi connectivity index (χ1v) is 6.19. The van der Waals surface area contributed by atoms with Crippen molar-refractivity contribution in [1.29, 1.82) is 5.26 Å². The molecule has 2 N–H and O–H groups in total. The van der Waals surface area contributed by atoms with Gasteiger partial charge in [-0.25, -0.2) is 0 Å². The molecule has 1 aromatic rings. The Morgan fingerprint density at radius 3 is 2.56 bits per heavy atom. The van der Waals surface area contributed by atoms with E-state index in [0.29, 0.717) is 5.56 Å². The summed E-state index contributed by atoms with van der Waals surface area (Å²) in [6, 6.07) is 7.87. The summed E-state index contributed by atoms with van der Waals surface area (Å²) in [6.07, 6.45) is 2.12. The summed E-state index contributed by atoms with van der Waals surface area (Å²) in [6.45, 7) is 4.31. The number of nitrogens with two attached hydrogens (primary N) is 1. The van der Waals surface area contributed by atoms with E-state index in [-0.39, 0.29) is 11.0 Å². The van der Waals surface area contributed by atoms with Crippen LogP contribution in [0.3, 0.4) is 0 Å². The molecule has 3 heteroatoms. The summed E-state index contributed by atoms with van der Waals surface area (Å²) in [5, 5.41) is 8.94. The van der Waals surface area contributed by atoms with E-state index in [0.717, 1.165) is 22.9 Å². The molecule has 16 heavy (non-hydrogen) atoms. The van der Waals surface area contributed by atoms with E-state index in [1.807, 2.05) is 18.2 Å². The Hall–Kier alpha value is -0.850. The van der Waals surface area contributed by atoms with Gasteiger partial charge in [-0.05, 0) is 36.6 Å². The third-order valence-electron chi connectivity index (χ3n) is 3.80. The van der Waals surface area contributed by atoms with Crippen molar-refractivity contribution in [1.82, 2.24) is 0 Å². The van der Waals surface area contributed by atoms with E-state index in [9.17, 15) is 0 Å². The molecule has 0 spiro atoms. The third-order valence-corrected chi connectivity index (χ3v) is 4.49. The van der Waals surface area contributed by atoms with Gasteiger partial charge in [-0.2, -0.15) is 5.26 Å². The molecule has 0 bridgehead atoms. The van der Waals surface area contributed by atoms with Gasteiger partial charge in [0.25, 0.3) is 0 Å². The fourth-order valence-corrected chi connectivity index (χ4v) is 2.84. The number of halogens is 1. The molecule has 2 nitrogen and oxygen atoms in total. The zero-order valence-corrected chi connectivity index (χ0v) is 11.1. The molecular weight excluding hydrogens is 264 g/mol. The first-order chi connectivity index (χ1) is 7.40. The predicted octanol–water partition coefficient (Wildman–Crippen LogP) is 3.09. The molecule has 0 aliphatic heterocycles. The van der Waals surface area contributed by atoms with Crippen molar-refractivity contribution >= 4 is 15.9 Å². The minimum absolute atomic E-state index is 0.0985. The number of nitriles is 1. The van der Waals surface area contributed by atoms with E-state index in [1.54, 1.807) is 0 Å². The standard InChI is InChI=1S/C13H15BrN2/c1-12(2,13(16)5-6-13)10-7-9(8-15)3-4-11(10)14/h3-4,7H,5-6,16H2,1-2H3. The van der Waals surface area contributed by atoms with Crippen LogP contribution in [0.5, 0.6) is 0 Å². The van der Waals surface area contributed by atoms with Crippen LogP contribution in [0.15, 0.2) is 22.7 Å². The molecule has 1 fully saturated rings. The van der Waals surface area contributed by atoms with Crippen molar-refractivity contribution in [3.05, 3.63) is 33.8 Å². The SMILES string of the molecule is CC(C)(c1cc(C#N)ccc1Br)C1(N)CC1. The lowest BCUT2D eigenvalue weighted by Gasteiger charge is -2.33. The number of hydrogen-bond acceptors (Lipinski definition) is 2. The quantitative estimate of drug-likeness (QED) is 0.904. The first-order valence-electron chi connectivity index (χ1n) is 5.40. The predicted molar refractivity (Wildman–Crippen MR) is 68.0 cm³/mol. The molecule has 0 aromatic heterocycles. The summed E-state index contributed by atoms with van der Waals surface area (Å²) in [5.74, 6) is 0. The second-order valence-corrected chi connectivity index (χ2v) is 5.94. The summed E-state index contributed by atoms with van der Waals surface area (Å²) in [4.78, 5) is 0. The molecule has 0 saturated heterocycles. The van der Waals surface area contributed by atoms with Crippen LogP contribution in [0.4, 0.5) is 0 Å². The lowest BCUT2D eigenvalue weighted by atomic mass is 9.75. The van der Waals surface area contributed by atoms with Crippen LogP contribution in [-0.4, -0.2) is 5.54 Å². The van der Waals surface area contributed by atoms with Crippen molar-refractivity contribution in [2.75, 3.05) is 0 Å². The molecule has 0 radical (unpaired) electrons. The zero-order valence-electron chi connectivity index (χ0n) is 9.55. The normalized spacial score (nSPS) is 17.9. The lowest BCUT2D eigenvalue weighted by Crippen LogP contribution is -2.43. The van der Waals surface area contributed by atoms with Crippen LogP contribution in [0.1, 0.15) is 37.8 Å². The molecule has 2 rings (SSSR count). The Morgan fingerprint density at radius 1 is 1.44 bits per heavy atom. The van der Waals surface area contributed by atoms with Gasteiger partial charge in [-0.15, -0.1) is 0 Å². The number of hydrogen-bond donors (Lipinski definition) is 1. The maximum Gasteiger partial charge on any atom is 0.0991 e. The highest BCUT2D eigenvalue weighted by atomic mass is 79.9. The van der Waals surface area contributed by atoms with Crippen LogP contribution in [0, 0.1) is 11.3 Å². The first kappa shape index (κ1) is 11.6. The topological polar surface area (TPSA) is 49.8 Å². The van der Waals surface area contributed by atoms with Gasteiger partial charge in [0.05, 0.1) is 11.6 Å². The van der Waals surface area contributed by atoms with Crippen molar-refractivity contribution < 1.29 is 0 Å². The molecule has 0 heterocycles. The van der Waals surface area contributed by atoms with E-state index in [1.165, 1.54) is 0 Å². The average molecular weight is 279 g/mol. The fourth-order valence-electron chi connectivity index (χ4n) is 2.10. The lowest BCUT2D eigenvalue weighted by molar-refractivity contribution is 0.389. The number of rotatable bonds is 2. The van der Waals surface area contributed by atoms with E-state index in [2.05, 4.69) is 35.8 Å². The minimum Gasteiger partial charge on any atom is -0.324 e. The molecule has 0 unspecified atom stereocenters. The van der Waals surface area contributed by atoms with E-state index < -0.39 is 0 Å². The Kier molecular flexibility index (Phi) is 2.60. The fraction of sp³-hybridized carbons (Fsp3) is 0.462. The van der Waals surface area contributed by atoms with Gasteiger partial charge in [-0.1, -0.05) is 29.8 Å². The highest BCUT2D eigenvalue weighted by molar-refractivity contribution is 9.10. The molecule has 84 valence electrons. The van der Waals surface area contributed by atoms with Gasteiger partial charge in [-0.3, -0.25) is 0 Å². The average Bonchev–Trinajstić information content (AvgIpc) is 2.99. The smallest absolute Gasteiger partial charge is 0.0991 e.